The molecule has 2 aromatic carbocycles. The van der Waals surface area contributed by atoms with E-state index in [0.29, 0.717) is 30.6 Å². The molecule has 0 amide bonds. The molecule has 0 saturated carbocycles. The number of anilines is 1. The molecule has 1 aliphatic rings. The van der Waals surface area contributed by atoms with Crippen LogP contribution in [0, 0.1) is 10.1 Å². The number of nitrogens with zero attached hydrogens (tertiary/aromatic N) is 2. The summed E-state index contributed by atoms with van der Waals surface area (Å²) in [5, 5.41) is 10.6. The number of hydrogen-bond donors (Lipinski definition) is 0. The van der Waals surface area contributed by atoms with Gasteiger partial charge in [-0.05, 0) is 48.7 Å². The van der Waals surface area contributed by atoms with Crippen molar-refractivity contribution in [1.82, 2.24) is 0 Å². The maximum Gasteiger partial charge on any atom is 0.338 e. The van der Waals surface area contributed by atoms with Crippen LogP contribution in [0.15, 0.2) is 42.5 Å². The lowest BCUT2D eigenvalue weighted by molar-refractivity contribution is -0.384. The maximum atomic E-state index is 12.4. The van der Waals surface area contributed by atoms with Crippen molar-refractivity contribution in [3.8, 4) is 0 Å². The lowest BCUT2D eigenvalue weighted by Gasteiger charge is -2.29. The average molecular weight is 418 g/mol. The molecule has 0 spiro atoms. The number of nitro groups is 1. The predicted octanol–water partition coefficient (Wildman–Crippen LogP) is 2.35. The number of carbonyl (C=O) groups is 2. The van der Waals surface area contributed by atoms with E-state index in [1.165, 1.54) is 34.6 Å². The van der Waals surface area contributed by atoms with E-state index in [9.17, 15) is 28.1 Å². The molecule has 3 rings (SSSR count). The third-order valence-electron chi connectivity index (χ3n) is 4.53. The Balaban J connectivity index is 1.68. The molecule has 0 atom stereocenters. The van der Waals surface area contributed by atoms with Gasteiger partial charge in [-0.15, -0.1) is 0 Å². The highest BCUT2D eigenvalue weighted by atomic mass is 32.2. The second-order valence-electron chi connectivity index (χ2n) is 6.59. The first-order valence-corrected chi connectivity index (χ1v) is 10.6. The summed E-state index contributed by atoms with van der Waals surface area (Å²) in [6.07, 6.45) is 2.43. The van der Waals surface area contributed by atoms with Gasteiger partial charge in [0.05, 0.1) is 22.4 Å². The van der Waals surface area contributed by atoms with Crippen LogP contribution in [0.25, 0.3) is 0 Å². The number of esters is 1. The Bertz CT molecular complexity index is 1080. The fourth-order valence-electron chi connectivity index (χ4n) is 3.10. The van der Waals surface area contributed by atoms with Crippen molar-refractivity contribution in [2.75, 3.05) is 23.7 Å². The van der Waals surface area contributed by atoms with Crippen LogP contribution in [-0.2, 0) is 21.2 Å². The normalized spacial score (nSPS) is 13.5. The van der Waals surface area contributed by atoms with E-state index in [4.69, 9.17) is 4.74 Å². The molecule has 1 heterocycles. The number of ether oxygens (including phenoxy) is 1. The van der Waals surface area contributed by atoms with Crippen LogP contribution in [0.1, 0.15) is 32.7 Å². The molecule has 0 unspecified atom stereocenters. The Labute approximate surface area is 167 Å². The van der Waals surface area contributed by atoms with E-state index in [2.05, 4.69) is 0 Å². The molecule has 2 aromatic rings. The molecule has 0 aliphatic carbocycles. The van der Waals surface area contributed by atoms with Crippen molar-refractivity contribution in [3.05, 3.63) is 69.3 Å². The Morgan fingerprint density at radius 3 is 2.41 bits per heavy atom. The molecule has 1 aliphatic heterocycles. The first-order chi connectivity index (χ1) is 13.7. The molecular formula is C19H18N2O7S. The van der Waals surface area contributed by atoms with E-state index in [0.717, 1.165) is 11.8 Å². The highest BCUT2D eigenvalue weighted by Crippen LogP contribution is 2.30. The zero-order valence-electron chi connectivity index (χ0n) is 15.5. The maximum absolute atomic E-state index is 12.4. The number of fused-ring (bicyclic) bond motifs is 1. The molecule has 29 heavy (non-hydrogen) atoms. The molecule has 0 N–H and O–H groups in total. The topological polar surface area (TPSA) is 124 Å². The van der Waals surface area contributed by atoms with Crippen molar-refractivity contribution in [2.24, 2.45) is 0 Å². The molecular weight excluding hydrogens is 400 g/mol. The first-order valence-electron chi connectivity index (χ1n) is 8.72. The monoisotopic (exact) mass is 418 g/mol. The fraction of sp³-hybridized carbons (Fsp3) is 0.263. The Hall–Kier alpha value is -3.27. The summed E-state index contributed by atoms with van der Waals surface area (Å²) >= 11 is 0. The van der Waals surface area contributed by atoms with Crippen LogP contribution in [0.5, 0.6) is 0 Å². The summed E-state index contributed by atoms with van der Waals surface area (Å²) in [7, 11) is -3.40. The van der Waals surface area contributed by atoms with Crippen molar-refractivity contribution < 1.29 is 27.7 Å². The van der Waals surface area contributed by atoms with E-state index in [1.807, 2.05) is 0 Å². The van der Waals surface area contributed by atoms with E-state index < -0.39 is 33.3 Å². The summed E-state index contributed by atoms with van der Waals surface area (Å²) in [6.45, 7) is -0.101. The lowest BCUT2D eigenvalue weighted by Crippen LogP contribution is -2.34. The Morgan fingerprint density at radius 2 is 1.79 bits per heavy atom. The lowest BCUT2D eigenvalue weighted by atomic mass is 9.99. The van der Waals surface area contributed by atoms with Crippen LogP contribution in [0.2, 0.25) is 0 Å². The Kier molecular flexibility index (Phi) is 5.64. The minimum Gasteiger partial charge on any atom is -0.454 e. The van der Waals surface area contributed by atoms with Crippen LogP contribution in [-0.4, -0.2) is 44.5 Å². The van der Waals surface area contributed by atoms with Crippen LogP contribution < -0.4 is 4.31 Å². The number of nitro benzene ring substituents is 1. The number of benzene rings is 2. The molecule has 0 bridgehead atoms. The highest BCUT2D eigenvalue weighted by Gasteiger charge is 2.25. The van der Waals surface area contributed by atoms with E-state index in [-0.39, 0.29) is 11.3 Å². The van der Waals surface area contributed by atoms with E-state index in [1.54, 1.807) is 12.1 Å². The van der Waals surface area contributed by atoms with Gasteiger partial charge in [0.1, 0.15) is 0 Å². The van der Waals surface area contributed by atoms with Crippen LogP contribution in [0.4, 0.5) is 11.4 Å². The number of non-ortho nitro benzene ring substituents is 1. The molecule has 10 heteroatoms. The molecule has 0 saturated heterocycles. The van der Waals surface area contributed by atoms with Crippen molar-refractivity contribution in [2.45, 2.75) is 12.8 Å². The number of ketones is 1. The number of rotatable bonds is 6. The van der Waals surface area contributed by atoms with E-state index >= 15 is 0 Å². The summed E-state index contributed by atoms with van der Waals surface area (Å²) in [4.78, 5) is 34.5. The first kappa shape index (κ1) is 20.5. The van der Waals surface area contributed by atoms with Gasteiger partial charge in [-0.25, -0.2) is 13.2 Å². The zero-order valence-corrected chi connectivity index (χ0v) is 16.3. The van der Waals surface area contributed by atoms with Gasteiger partial charge in [0.2, 0.25) is 10.0 Å². The third kappa shape index (κ3) is 4.60. The molecule has 0 radical (unpaired) electrons. The molecule has 9 nitrogen and oxygen atoms in total. The summed E-state index contributed by atoms with van der Waals surface area (Å²) < 4.78 is 30.1. The smallest absolute Gasteiger partial charge is 0.338 e. The third-order valence-corrected chi connectivity index (χ3v) is 5.71. The molecule has 0 fully saturated rings. The van der Waals surface area contributed by atoms with Gasteiger partial charge in [0.25, 0.3) is 5.69 Å². The molecule has 0 aromatic heterocycles. The minimum atomic E-state index is -3.40. The van der Waals surface area contributed by atoms with Gasteiger partial charge in [0, 0.05) is 24.2 Å². The predicted molar refractivity (Wildman–Crippen MR) is 105 cm³/mol. The van der Waals surface area contributed by atoms with Gasteiger partial charge < -0.3 is 4.74 Å². The highest BCUT2D eigenvalue weighted by molar-refractivity contribution is 7.92. The number of hydrogen-bond acceptors (Lipinski definition) is 7. The zero-order chi connectivity index (χ0) is 21.2. The summed E-state index contributed by atoms with van der Waals surface area (Å²) in [5.41, 5.74) is 1.55. The fourth-order valence-corrected chi connectivity index (χ4v) is 4.09. The quantitative estimate of drug-likeness (QED) is 0.305. The number of carbonyl (C=O) groups excluding carboxylic acids is 2. The van der Waals surface area contributed by atoms with Gasteiger partial charge >= 0.3 is 5.97 Å². The van der Waals surface area contributed by atoms with Gasteiger partial charge in [-0.2, -0.15) is 0 Å². The van der Waals surface area contributed by atoms with Gasteiger partial charge in [-0.1, -0.05) is 0 Å². The van der Waals surface area contributed by atoms with Crippen LogP contribution >= 0.6 is 0 Å². The second-order valence-corrected chi connectivity index (χ2v) is 8.49. The number of aryl methyl sites for hydroxylation is 1. The SMILES string of the molecule is CS(=O)(=O)N1CCCc2cc(C(=O)COC(=O)c3ccc([N+](=O)[O-])cc3)ccc21. The van der Waals surface area contributed by atoms with Gasteiger partial charge in [-0.3, -0.25) is 19.2 Å². The van der Waals surface area contributed by atoms with Crippen molar-refractivity contribution in [1.29, 1.82) is 0 Å². The van der Waals surface area contributed by atoms with Crippen molar-refractivity contribution >= 4 is 33.2 Å². The standard InChI is InChI=1S/C19H18N2O7S/c1-29(26,27)20-10-2-3-14-11-15(6-9-17(14)20)18(22)12-28-19(23)13-4-7-16(8-5-13)21(24)25/h4-9,11H,2-3,10,12H2,1H3. The summed E-state index contributed by atoms with van der Waals surface area (Å²) in [6, 6.07) is 9.57. The largest absolute Gasteiger partial charge is 0.454 e. The van der Waals surface area contributed by atoms with Gasteiger partial charge in [0.15, 0.2) is 12.4 Å². The minimum absolute atomic E-state index is 0.0950. The van der Waals surface area contributed by atoms with Crippen LogP contribution in [0.3, 0.4) is 0 Å². The molecule has 152 valence electrons. The average Bonchev–Trinajstić information content (AvgIpc) is 2.70. The number of Topliss-reactive ketones (excluding diaryl/α,β-unsaturated/α-hetero) is 1. The Morgan fingerprint density at radius 1 is 1.14 bits per heavy atom. The summed E-state index contributed by atoms with van der Waals surface area (Å²) in [5.74, 6) is -1.20. The second kappa shape index (κ2) is 8.00. The number of sulfonamides is 1. The van der Waals surface area contributed by atoms with Crippen molar-refractivity contribution in [3.63, 3.8) is 0 Å².